The predicted octanol–water partition coefficient (Wildman–Crippen LogP) is 1.35. The normalized spacial score (nSPS) is 15.8. The first-order chi connectivity index (χ1) is 13.2. The average molecular weight is 363 g/mol. The van der Waals surface area contributed by atoms with Gasteiger partial charge in [0, 0.05) is 12.0 Å². The van der Waals surface area contributed by atoms with Crippen LogP contribution in [0.1, 0.15) is 17.0 Å². The summed E-state index contributed by atoms with van der Waals surface area (Å²) in [6.45, 7) is 2.73. The third-order valence-corrected chi connectivity index (χ3v) is 4.77. The number of aromatic nitrogens is 3. The van der Waals surface area contributed by atoms with Crippen molar-refractivity contribution < 1.29 is 9.64 Å². The van der Waals surface area contributed by atoms with Crippen molar-refractivity contribution in [3.63, 3.8) is 0 Å². The van der Waals surface area contributed by atoms with Crippen LogP contribution < -0.4 is 20.7 Å². The summed E-state index contributed by atoms with van der Waals surface area (Å²) in [5.41, 5.74) is 9.55. The van der Waals surface area contributed by atoms with Crippen LogP contribution in [-0.2, 0) is 19.5 Å². The first-order valence-corrected chi connectivity index (χ1v) is 9.02. The molecule has 7 nitrogen and oxygen atoms in total. The van der Waals surface area contributed by atoms with Crippen LogP contribution in [0.25, 0.3) is 0 Å². The van der Waals surface area contributed by atoms with Gasteiger partial charge < -0.3 is 20.7 Å². The molecule has 138 valence electrons. The number of rotatable bonds is 5. The highest BCUT2D eigenvalue weighted by Gasteiger charge is 2.21. The van der Waals surface area contributed by atoms with Gasteiger partial charge in [-0.2, -0.15) is 15.0 Å². The van der Waals surface area contributed by atoms with Crippen LogP contribution >= 0.6 is 0 Å². The molecule has 0 spiro atoms. The van der Waals surface area contributed by atoms with E-state index in [2.05, 4.69) is 44.5 Å². The van der Waals surface area contributed by atoms with E-state index in [1.54, 1.807) is 7.11 Å². The van der Waals surface area contributed by atoms with Gasteiger partial charge in [-0.25, -0.2) is 0 Å². The maximum atomic E-state index is 5.92. The molecule has 2 heterocycles. The molecule has 0 amide bonds. The van der Waals surface area contributed by atoms with E-state index in [1.165, 1.54) is 16.0 Å². The van der Waals surface area contributed by atoms with Crippen molar-refractivity contribution in [2.24, 2.45) is 0 Å². The van der Waals surface area contributed by atoms with Crippen molar-refractivity contribution in [2.75, 3.05) is 24.7 Å². The van der Waals surface area contributed by atoms with Crippen LogP contribution in [0.3, 0.4) is 0 Å². The molecule has 1 aliphatic heterocycles. The molecule has 4 rings (SSSR count). The summed E-state index contributed by atoms with van der Waals surface area (Å²) >= 11 is 0. The minimum absolute atomic E-state index is 0.217. The molecule has 1 atom stereocenters. The Morgan fingerprint density at radius 2 is 1.81 bits per heavy atom. The molecule has 0 bridgehead atoms. The molecule has 0 saturated carbocycles. The second kappa shape index (κ2) is 7.59. The molecule has 1 aliphatic rings. The number of fused-ring (bicyclic) bond motifs is 1. The zero-order valence-corrected chi connectivity index (χ0v) is 15.3. The quantitative estimate of drug-likeness (QED) is 0.634. The fourth-order valence-corrected chi connectivity index (χ4v) is 3.46. The molecule has 1 unspecified atom stereocenters. The van der Waals surface area contributed by atoms with Gasteiger partial charge in [-0.05, 0) is 17.7 Å². The van der Waals surface area contributed by atoms with Crippen LogP contribution in [-0.4, -0.2) is 28.6 Å². The predicted molar refractivity (Wildman–Crippen MR) is 104 cm³/mol. The first kappa shape index (κ1) is 17.2. The number of quaternary nitrogens is 1. The van der Waals surface area contributed by atoms with Gasteiger partial charge in [-0.15, -0.1) is 0 Å². The smallest absolute Gasteiger partial charge is 0.232 e. The lowest BCUT2D eigenvalue weighted by atomic mass is 10.00. The van der Waals surface area contributed by atoms with Gasteiger partial charge >= 0.3 is 0 Å². The molecule has 2 aromatic carbocycles. The summed E-state index contributed by atoms with van der Waals surface area (Å²) in [5, 5.41) is 3.18. The topological polar surface area (TPSA) is 90.4 Å². The minimum Gasteiger partial charge on any atom is -0.495 e. The number of hydrogen-bond acceptors (Lipinski definition) is 6. The Balaban J connectivity index is 1.51. The van der Waals surface area contributed by atoms with Crippen LogP contribution in [0.15, 0.2) is 48.5 Å². The van der Waals surface area contributed by atoms with E-state index in [1.807, 2.05) is 24.3 Å². The standard InChI is InChI=1S/C20H22N6O/c1-27-17-9-5-4-8-16(17)22-20-24-18(23-19(21)25-20)13-26-11-10-14-6-2-3-7-15(14)12-26/h2-9H,10-13H2,1H3,(H3,21,22,23,24,25)/p+1. The summed E-state index contributed by atoms with van der Waals surface area (Å²) in [6.07, 6.45) is 1.07. The number of methoxy groups -OCH3 is 1. The number of nitrogen functional groups attached to an aromatic ring is 1. The largest absolute Gasteiger partial charge is 0.495 e. The van der Waals surface area contributed by atoms with Crippen molar-refractivity contribution >= 4 is 17.6 Å². The third kappa shape index (κ3) is 3.98. The molecule has 1 aromatic heterocycles. The van der Waals surface area contributed by atoms with Crippen molar-refractivity contribution in [3.05, 3.63) is 65.5 Å². The van der Waals surface area contributed by atoms with Crippen LogP contribution in [0.5, 0.6) is 5.75 Å². The third-order valence-electron chi connectivity index (χ3n) is 4.77. The fraction of sp³-hybridized carbons (Fsp3) is 0.250. The van der Waals surface area contributed by atoms with E-state index < -0.39 is 0 Å². The molecule has 0 fully saturated rings. The Morgan fingerprint density at radius 1 is 1.04 bits per heavy atom. The number of nitrogens with two attached hydrogens (primary N) is 1. The summed E-state index contributed by atoms with van der Waals surface area (Å²) in [6, 6.07) is 16.2. The molecule has 7 heteroatoms. The van der Waals surface area contributed by atoms with E-state index in [4.69, 9.17) is 10.5 Å². The zero-order chi connectivity index (χ0) is 18.6. The van der Waals surface area contributed by atoms with E-state index in [9.17, 15) is 0 Å². The van der Waals surface area contributed by atoms with Crippen molar-refractivity contribution in [1.82, 2.24) is 15.0 Å². The average Bonchev–Trinajstić information content (AvgIpc) is 2.68. The SMILES string of the molecule is COc1ccccc1Nc1nc(N)nc(C[NH+]2CCc3ccccc3C2)n1. The second-order valence-electron chi connectivity index (χ2n) is 6.63. The van der Waals surface area contributed by atoms with Gasteiger partial charge in [0.15, 0.2) is 5.82 Å². The van der Waals surface area contributed by atoms with Gasteiger partial charge in [-0.3, -0.25) is 0 Å². The van der Waals surface area contributed by atoms with Gasteiger partial charge in [-0.1, -0.05) is 36.4 Å². The Hall–Kier alpha value is -3.19. The first-order valence-electron chi connectivity index (χ1n) is 9.02. The number of para-hydroxylation sites is 2. The maximum absolute atomic E-state index is 5.92. The summed E-state index contributed by atoms with van der Waals surface area (Å²) in [5.74, 6) is 2.05. The number of nitrogens with one attached hydrogen (secondary N) is 2. The van der Waals surface area contributed by atoms with Crippen molar-refractivity contribution in [3.8, 4) is 5.75 Å². The number of ether oxygens (including phenoxy) is 1. The molecule has 4 N–H and O–H groups in total. The molecule has 0 aliphatic carbocycles. The monoisotopic (exact) mass is 363 g/mol. The highest BCUT2D eigenvalue weighted by atomic mass is 16.5. The van der Waals surface area contributed by atoms with Crippen LogP contribution in [0, 0.1) is 0 Å². The highest BCUT2D eigenvalue weighted by molar-refractivity contribution is 5.62. The summed E-state index contributed by atoms with van der Waals surface area (Å²) in [4.78, 5) is 14.5. The molecule has 0 saturated heterocycles. The molecule has 3 aromatic rings. The van der Waals surface area contributed by atoms with Crippen LogP contribution in [0.4, 0.5) is 17.6 Å². The number of hydrogen-bond donors (Lipinski definition) is 3. The van der Waals surface area contributed by atoms with E-state index in [0.717, 1.165) is 30.9 Å². The second-order valence-corrected chi connectivity index (χ2v) is 6.63. The Kier molecular flexibility index (Phi) is 4.84. The van der Waals surface area contributed by atoms with Gasteiger partial charge in [0.05, 0.1) is 19.3 Å². The van der Waals surface area contributed by atoms with Gasteiger partial charge in [0.2, 0.25) is 11.9 Å². The van der Waals surface area contributed by atoms with Crippen molar-refractivity contribution in [2.45, 2.75) is 19.5 Å². The van der Waals surface area contributed by atoms with E-state index in [-0.39, 0.29) is 5.95 Å². The number of anilines is 3. The lowest BCUT2D eigenvalue weighted by Gasteiger charge is -2.25. The van der Waals surface area contributed by atoms with Gasteiger partial charge in [0.1, 0.15) is 18.8 Å². The van der Waals surface area contributed by atoms with E-state index >= 15 is 0 Å². The fourth-order valence-electron chi connectivity index (χ4n) is 3.46. The molecule has 27 heavy (non-hydrogen) atoms. The highest BCUT2D eigenvalue weighted by Crippen LogP contribution is 2.25. The minimum atomic E-state index is 0.217. The molecular weight excluding hydrogens is 340 g/mol. The maximum Gasteiger partial charge on any atom is 0.232 e. The molecular formula is C20H23N6O+. The van der Waals surface area contributed by atoms with Crippen molar-refractivity contribution in [1.29, 1.82) is 0 Å². The number of benzene rings is 2. The van der Waals surface area contributed by atoms with Gasteiger partial charge in [0.25, 0.3) is 0 Å². The van der Waals surface area contributed by atoms with Crippen LogP contribution in [0.2, 0.25) is 0 Å². The zero-order valence-electron chi connectivity index (χ0n) is 15.3. The summed E-state index contributed by atoms with van der Waals surface area (Å²) in [7, 11) is 1.63. The Bertz CT molecular complexity index is 945. The Labute approximate surface area is 158 Å². The lowest BCUT2D eigenvalue weighted by Crippen LogP contribution is -3.10. The van der Waals surface area contributed by atoms with E-state index in [0.29, 0.717) is 18.3 Å². The number of nitrogens with zero attached hydrogens (tertiary/aromatic N) is 3. The lowest BCUT2D eigenvalue weighted by molar-refractivity contribution is -0.930. The molecule has 0 radical (unpaired) electrons. The Morgan fingerprint density at radius 3 is 2.67 bits per heavy atom. The summed E-state index contributed by atoms with van der Waals surface area (Å²) < 4.78 is 5.36.